The van der Waals surface area contributed by atoms with E-state index in [0.29, 0.717) is 25.4 Å². The first-order valence-corrected chi connectivity index (χ1v) is 11.5. The largest absolute Gasteiger partial charge is 0.353 e. The molecule has 3 unspecified atom stereocenters. The molecule has 2 heterocycles. The number of nitrogens with zero attached hydrogens (tertiary/aromatic N) is 1. The number of benzene rings is 1. The van der Waals surface area contributed by atoms with Crippen molar-refractivity contribution in [3.63, 3.8) is 0 Å². The first-order chi connectivity index (χ1) is 13.9. The fraction of sp³-hybridized carbons (Fsp3) is 0.500. The molecule has 2 fully saturated rings. The molecule has 2 aliphatic rings. The van der Waals surface area contributed by atoms with Gasteiger partial charge < -0.3 is 10.2 Å². The van der Waals surface area contributed by atoms with Gasteiger partial charge in [0, 0.05) is 25.0 Å². The Bertz CT molecular complexity index is 875. The minimum absolute atomic E-state index is 0.0774. The van der Waals surface area contributed by atoms with Gasteiger partial charge >= 0.3 is 0 Å². The summed E-state index contributed by atoms with van der Waals surface area (Å²) in [6.45, 7) is 7.32. The standard InChI is InChI=1S/C24H30N2O2S/c1-16(2)25-23(28)24(9-10-26(15-24)22(27)21-12-17(21)3)13-18-4-6-19(7-5-18)20-8-11-29-14-20/h4-8,11,14,16-17,21H,9-10,12-13,15H2,1-3H3,(H,25,28). The zero-order valence-corrected chi connectivity index (χ0v) is 18.3. The SMILES string of the molecule is CC(C)NC(=O)C1(Cc2ccc(-c3ccsc3)cc2)CCN(C(=O)C2CC2C)C1. The Kier molecular flexibility index (Phi) is 5.52. The summed E-state index contributed by atoms with van der Waals surface area (Å²) in [7, 11) is 0. The van der Waals surface area contributed by atoms with Crippen LogP contribution in [-0.4, -0.2) is 35.8 Å². The van der Waals surface area contributed by atoms with Gasteiger partial charge in [0.2, 0.25) is 11.8 Å². The van der Waals surface area contributed by atoms with E-state index in [1.165, 1.54) is 11.1 Å². The van der Waals surface area contributed by atoms with Crippen LogP contribution in [0.15, 0.2) is 41.1 Å². The summed E-state index contributed by atoms with van der Waals surface area (Å²) in [5.74, 6) is 0.980. The van der Waals surface area contributed by atoms with E-state index < -0.39 is 5.41 Å². The third-order valence-corrected chi connectivity index (χ3v) is 7.03. The summed E-state index contributed by atoms with van der Waals surface area (Å²) in [5.41, 5.74) is 3.03. The Morgan fingerprint density at radius 3 is 2.52 bits per heavy atom. The molecule has 2 aromatic rings. The number of carbonyl (C=O) groups is 2. The zero-order valence-electron chi connectivity index (χ0n) is 17.5. The Balaban J connectivity index is 1.53. The van der Waals surface area contributed by atoms with Gasteiger partial charge in [0.05, 0.1) is 5.41 Å². The van der Waals surface area contributed by atoms with Gasteiger partial charge in [0.15, 0.2) is 0 Å². The lowest BCUT2D eigenvalue weighted by molar-refractivity contribution is -0.134. The topological polar surface area (TPSA) is 49.4 Å². The van der Waals surface area contributed by atoms with E-state index >= 15 is 0 Å². The summed E-state index contributed by atoms with van der Waals surface area (Å²) in [5, 5.41) is 7.34. The fourth-order valence-corrected chi connectivity index (χ4v) is 5.09. The third-order valence-electron chi connectivity index (χ3n) is 6.34. The van der Waals surface area contributed by atoms with Crippen LogP contribution < -0.4 is 5.32 Å². The zero-order chi connectivity index (χ0) is 20.6. The maximum Gasteiger partial charge on any atom is 0.228 e. The van der Waals surface area contributed by atoms with E-state index in [4.69, 9.17) is 0 Å². The Hall–Kier alpha value is -2.14. The van der Waals surface area contributed by atoms with Crippen LogP contribution >= 0.6 is 11.3 Å². The number of thiophene rings is 1. The van der Waals surface area contributed by atoms with Gasteiger partial charge in [-0.05, 0) is 72.5 Å². The molecule has 0 spiro atoms. The molecule has 5 heteroatoms. The van der Waals surface area contributed by atoms with Gasteiger partial charge in [0.25, 0.3) is 0 Å². The van der Waals surface area contributed by atoms with Crippen LogP contribution in [0.2, 0.25) is 0 Å². The van der Waals surface area contributed by atoms with Gasteiger partial charge in [-0.1, -0.05) is 31.2 Å². The monoisotopic (exact) mass is 410 g/mol. The maximum atomic E-state index is 13.2. The van der Waals surface area contributed by atoms with Crippen LogP contribution in [0, 0.1) is 17.3 Å². The number of hydrogen-bond donors (Lipinski definition) is 1. The first kappa shape index (κ1) is 20.1. The van der Waals surface area contributed by atoms with Gasteiger partial charge in [-0.3, -0.25) is 9.59 Å². The lowest BCUT2D eigenvalue weighted by Crippen LogP contribution is -2.47. The molecule has 29 heavy (non-hydrogen) atoms. The van der Waals surface area contributed by atoms with E-state index in [0.717, 1.165) is 18.4 Å². The molecular formula is C24H30N2O2S. The van der Waals surface area contributed by atoms with Crippen molar-refractivity contribution in [2.45, 2.75) is 46.1 Å². The minimum atomic E-state index is -0.540. The van der Waals surface area contributed by atoms with Gasteiger partial charge in [-0.25, -0.2) is 0 Å². The van der Waals surface area contributed by atoms with Crippen LogP contribution in [0.3, 0.4) is 0 Å². The molecule has 4 rings (SSSR count). The summed E-state index contributed by atoms with van der Waals surface area (Å²) in [6.07, 6.45) is 2.38. The molecular weight excluding hydrogens is 380 g/mol. The molecule has 1 saturated carbocycles. The number of rotatable bonds is 6. The van der Waals surface area contributed by atoms with Gasteiger partial charge in [0.1, 0.15) is 0 Å². The highest BCUT2D eigenvalue weighted by atomic mass is 32.1. The molecule has 3 atom stereocenters. The second kappa shape index (κ2) is 7.94. The van der Waals surface area contributed by atoms with Crippen LogP contribution in [0.25, 0.3) is 11.1 Å². The number of amides is 2. The Labute approximate surface area is 177 Å². The van der Waals surface area contributed by atoms with Crippen molar-refractivity contribution in [3.05, 3.63) is 46.7 Å². The lowest BCUT2D eigenvalue weighted by atomic mass is 9.79. The van der Waals surface area contributed by atoms with Crippen LogP contribution in [0.4, 0.5) is 0 Å². The number of nitrogens with one attached hydrogen (secondary N) is 1. The van der Waals surface area contributed by atoms with E-state index in [-0.39, 0.29) is 23.8 Å². The molecule has 1 aliphatic carbocycles. The minimum Gasteiger partial charge on any atom is -0.353 e. The Morgan fingerprint density at radius 2 is 1.93 bits per heavy atom. The van der Waals surface area contributed by atoms with Crippen molar-refractivity contribution in [1.29, 1.82) is 0 Å². The van der Waals surface area contributed by atoms with E-state index in [2.05, 4.69) is 53.3 Å². The van der Waals surface area contributed by atoms with Gasteiger partial charge in [-0.15, -0.1) is 0 Å². The average molecular weight is 411 g/mol. The van der Waals surface area contributed by atoms with Crippen LogP contribution in [0.5, 0.6) is 0 Å². The van der Waals surface area contributed by atoms with Gasteiger partial charge in [-0.2, -0.15) is 11.3 Å². The lowest BCUT2D eigenvalue weighted by Gasteiger charge is -2.29. The van der Waals surface area contributed by atoms with Crippen LogP contribution in [0.1, 0.15) is 39.2 Å². The smallest absolute Gasteiger partial charge is 0.228 e. The molecule has 0 radical (unpaired) electrons. The third kappa shape index (κ3) is 4.25. The van der Waals surface area contributed by atoms with E-state index in [9.17, 15) is 9.59 Å². The average Bonchev–Trinajstić information content (AvgIpc) is 3.10. The number of carbonyl (C=O) groups excluding carboxylic acids is 2. The van der Waals surface area contributed by atoms with E-state index in [1.807, 2.05) is 18.7 Å². The molecule has 1 saturated heterocycles. The molecule has 1 aromatic carbocycles. The van der Waals surface area contributed by atoms with Crippen molar-refractivity contribution in [2.24, 2.45) is 17.3 Å². The molecule has 4 nitrogen and oxygen atoms in total. The molecule has 1 N–H and O–H groups in total. The predicted molar refractivity (Wildman–Crippen MR) is 118 cm³/mol. The molecule has 1 aromatic heterocycles. The van der Waals surface area contributed by atoms with Crippen molar-refractivity contribution in [3.8, 4) is 11.1 Å². The van der Waals surface area contributed by atoms with Crippen LogP contribution in [-0.2, 0) is 16.0 Å². The molecule has 154 valence electrons. The van der Waals surface area contributed by atoms with Crippen molar-refractivity contribution in [1.82, 2.24) is 10.2 Å². The second-order valence-corrected chi connectivity index (χ2v) is 9.90. The quantitative estimate of drug-likeness (QED) is 0.769. The highest BCUT2D eigenvalue weighted by molar-refractivity contribution is 7.08. The highest BCUT2D eigenvalue weighted by Gasteiger charge is 2.49. The number of likely N-dealkylation sites (tertiary alicyclic amines) is 1. The first-order valence-electron chi connectivity index (χ1n) is 10.6. The normalized spacial score (nSPS) is 26.0. The maximum absolute atomic E-state index is 13.2. The molecule has 0 bridgehead atoms. The predicted octanol–water partition coefficient (Wildman–Crippen LogP) is 4.36. The van der Waals surface area contributed by atoms with Crippen molar-refractivity contribution >= 4 is 23.2 Å². The summed E-state index contributed by atoms with van der Waals surface area (Å²) >= 11 is 1.69. The van der Waals surface area contributed by atoms with Crippen molar-refractivity contribution in [2.75, 3.05) is 13.1 Å². The molecule has 2 amide bonds. The summed E-state index contributed by atoms with van der Waals surface area (Å²) in [4.78, 5) is 27.9. The number of hydrogen-bond acceptors (Lipinski definition) is 3. The summed E-state index contributed by atoms with van der Waals surface area (Å²) < 4.78 is 0. The van der Waals surface area contributed by atoms with Crippen molar-refractivity contribution < 1.29 is 9.59 Å². The Morgan fingerprint density at radius 1 is 1.21 bits per heavy atom. The fourth-order valence-electron chi connectivity index (χ4n) is 4.42. The van der Waals surface area contributed by atoms with E-state index in [1.54, 1.807) is 11.3 Å². The molecule has 1 aliphatic heterocycles. The summed E-state index contributed by atoms with van der Waals surface area (Å²) in [6, 6.07) is 10.7. The highest BCUT2D eigenvalue weighted by Crippen LogP contribution is 2.42. The second-order valence-electron chi connectivity index (χ2n) is 9.12.